The summed E-state index contributed by atoms with van der Waals surface area (Å²) < 4.78 is 11.5. The number of hydrogen-bond acceptors (Lipinski definition) is 4. The molecule has 0 saturated carbocycles. The molecule has 0 rings (SSSR count). The van der Waals surface area contributed by atoms with Gasteiger partial charge in [-0.2, -0.15) is 0 Å². The van der Waals surface area contributed by atoms with E-state index in [1.165, 1.54) is 148 Å². The highest BCUT2D eigenvalue weighted by Gasteiger charge is 2.20. The molecule has 0 fully saturated rings. The monoisotopic (exact) mass is 665 g/mol. The van der Waals surface area contributed by atoms with E-state index in [1.807, 2.05) is 0 Å². The van der Waals surface area contributed by atoms with Crippen LogP contribution in [0.1, 0.15) is 240 Å². The summed E-state index contributed by atoms with van der Waals surface area (Å²) in [6.45, 7) is 10.2. The first-order valence-corrected chi connectivity index (χ1v) is 21.4. The first-order valence-electron chi connectivity index (χ1n) is 21.4. The Hall–Kier alpha value is -1.06. The summed E-state index contributed by atoms with van der Waals surface area (Å²) >= 11 is 0. The highest BCUT2D eigenvalue weighted by atomic mass is 16.5. The molecular formula is C43H84O4. The first kappa shape index (κ1) is 45.9. The largest absolute Gasteiger partial charge is 0.465 e. The zero-order valence-electron chi connectivity index (χ0n) is 32.5. The van der Waals surface area contributed by atoms with Crippen molar-refractivity contribution in [3.8, 4) is 0 Å². The molecule has 0 saturated heterocycles. The van der Waals surface area contributed by atoms with Gasteiger partial charge in [-0.1, -0.05) is 201 Å². The molecule has 2 unspecified atom stereocenters. The molecule has 0 spiro atoms. The van der Waals surface area contributed by atoms with Gasteiger partial charge in [0.15, 0.2) is 0 Å². The molecule has 0 aliphatic carbocycles. The maximum absolute atomic E-state index is 12.8. The fraction of sp³-hybridized carbons (Fsp3) is 0.953. The molecule has 0 amide bonds. The molecule has 0 heterocycles. The van der Waals surface area contributed by atoms with Crippen LogP contribution in [0.2, 0.25) is 0 Å². The third-order valence-electron chi connectivity index (χ3n) is 10.1. The van der Waals surface area contributed by atoms with Gasteiger partial charge in [-0.15, -0.1) is 0 Å². The second-order valence-electron chi connectivity index (χ2n) is 14.7. The van der Waals surface area contributed by atoms with Crippen molar-refractivity contribution in [2.75, 3.05) is 13.2 Å². The van der Waals surface area contributed by atoms with Gasteiger partial charge in [-0.05, 0) is 38.5 Å². The highest BCUT2D eigenvalue weighted by Crippen LogP contribution is 2.22. The van der Waals surface area contributed by atoms with Crippen LogP contribution in [0.3, 0.4) is 0 Å². The Morgan fingerprint density at radius 2 is 0.532 bits per heavy atom. The van der Waals surface area contributed by atoms with Crippen LogP contribution in [-0.2, 0) is 19.1 Å². The summed E-state index contributed by atoms with van der Waals surface area (Å²) in [5.74, 6) is 0.370. The third kappa shape index (κ3) is 31.9. The Morgan fingerprint density at radius 1 is 0.319 bits per heavy atom. The van der Waals surface area contributed by atoms with Crippen LogP contribution in [0.25, 0.3) is 0 Å². The number of unbranched alkanes of at least 4 members (excludes halogenated alkanes) is 24. The number of carbonyl (C=O) groups excluding carboxylic acids is 2. The minimum Gasteiger partial charge on any atom is -0.465 e. The first-order chi connectivity index (χ1) is 23.1. The summed E-state index contributed by atoms with van der Waals surface area (Å²) in [7, 11) is 0. The summed E-state index contributed by atoms with van der Waals surface area (Å²) in [6.07, 6.45) is 39.8. The van der Waals surface area contributed by atoms with Crippen molar-refractivity contribution in [3.05, 3.63) is 0 Å². The van der Waals surface area contributed by atoms with Crippen molar-refractivity contribution in [1.82, 2.24) is 0 Å². The van der Waals surface area contributed by atoms with Gasteiger partial charge < -0.3 is 9.47 Å². The Morgan fingerprint density at radius 3 is 0.809 bits per heavy atom. The van der Waals surface area contributed by atoms with E-state index in [-0.39, 0.29) is 23.8 Å². The smallest absolute Gasteiger partial charge is 0.308 e. The van der Waals surface area contributed by atoms with Gasteiger partial charge in [0.2, 0.25) is 0 Å². The van der Waals surface area contributed by atoms with E-state index in [0.29, 0.717) is 13.2 Å². The molecule has 2 atom stereocenters. The number of hydrogen-bond donors (Lipinski definition) is 0. The van der Waals surface area contributed by atoms with Crippen molar-refractivity contribution in [2.24, 2.45) is 11.8 Å². The molecule has 0 aliphatic heterocycles. The van der Waals surface area contributed by atoms with Crippen molar-refractivity contribution in [3.63, 3.8) is 0 Å². The number of esters is 2. The Labute approximate surface area is 295 Å². The fourth-order valence-corrected chi connectivity index (χ4v) is 6.76. The van der Waals surface area contributed by atoms with Crippen molar-refractivity contribution < 1.29 is 19.1 Å². The predicted octanol–water partition coefficient (Wildman–Crippen LogP) is 14.3. The topological polar surface area (TPSA) is 52.6 Å². The quantitative estimate of drug-likeness (QED) is 0.0487. The normalized spacial score (nSPS) is 12.7. The summed E-state index contributed by atoms with van der Waals surface area (Å²) in [6, 6.07) is 0. The van der Waals surface area contributed by atoms with E-state index in [1.54, 1.807) is 0 Å². The lowest BCUT2D eigenvalue weighted by Crippen LogP contribution is -2.18. The molecule has 0 aromatic carbocycles. The lowest BCUT2D eigenvalue weighted by molar-refractivity contribution is -0.150. The number of rotatable bonds is 38. The minimum atomic E-state index is 0.0704. The van der Waals surface area contributed by atoms with Crippen molar-refractivity contribution >= 4 is 11.9 Å². The average molecular weight is 665 g/mol. The SMILES string of the molecule is CCCCCCCCC(CCCCCC)C(=O)OCCCCCCCCCCCOC(=O)C(CCCCCC)CCCCCCCC. The standard InChI is InChI=1S/C43H84O4/c1-5-9-13-17-24-30-36-40(34-28-15-11-7-3)42(44)46-38-32-26-22-20-19-21-23-27-33-39-47-43(45)41(35-29-16-12-8-4)37-31-25-18-14-10-6-2/h40-41H,5-39H2,1-4H3. The van der Waals surface area contributed by atoms with E-state index in [9.17, 15) is 9.59 Å². The predicted molar refractivity (Wildman–Crippen MR) is 204 cm³/mol. The second kappa shape index (κ2) is 37.8. The molecule has 0 radical (unpaired) electrons. The molecule has 4 nitrogen and oxygen atoms in total. The van der Waals surface area contributed by atoms with Gasteiger partial charge in [-0.3, -0.25) is 9.59 Å². The van der Waals surface area contributed by atoms with Gasteiger partial charge in [0.25, 0.3) is 0 Å². The molecule has 280 valence electrons. The Kier molecular flexibility index (Phi) is 36.9. The Bertz CT molecular complexity index is 594. The van der Waals surface area contributed by atoms with Crippen LogP contribution < -0.4 is 0 Å². The average Bonchev–Trinajstić information content (AvgIpc) is 3.07. The Balaban J connectivity index is 3.95. The van der Waals surface area contributed by atoms with Crippen LogP contribution >= 0.6 is 0 Å². The number of ether oxygens (including phenoxy) is 2. The summed E-state index contributed by atoms with van der Waals surface area (Å²) in [5.41, 5.74) is 0. The number of carbonyl (C=O) groups is 2. The van der Waals surface area contributed by atoms with E-state index >= 15 is 0 Å². The molecule has 0 aromatic rings. The molecule has 0 aromatic heterocycles. The molecular weight excluding hydrogens is 580 g/mol. The van der Waals surface area contributed by atoms with Gasteiger partial charge in [0, 0.05) is 0 Å². The maximum atomic E-state index is 12.8. The summed E-state index contributed by atoms with van der Waals surface area (Å²) in [5, 5.41) is 0. The zero-order valence-corrected chi connectivity index (χ0v) is 32.5. The lowest BCUT2D eigenvalue weighted by atomic mass is 9.94. The molecule has 0 bridgehead atoms. The van der Waals surface area contributed by atoms with Crippen molar-refractivity contribution in [1.29, 1.82) is 0 Å². The minimum absolute atomic E-state index is 0.0704. The van der Waals surface area contributed by atoms with E-state index in [0.717, 1.165) is 64.2 Å². The molecule has 47 heavy (non-hydrogen) atoms. The third-order valence-corrected chi connectivity index (χ3v) is 10.1. The van der Waals surface area contributed by atoms with Gasteiger partial charge >= 0.3 is 11.9 Å². The molecule has 0 N–H and O–H groups in total. The lowest BCUT2D eigenvalue weighted by Gasteiger charge is -2.16. The van der Waals surface area contributed by atoms with Gasteiger partial charge in [0.1, 0.15) is 0 Å². The summed E-state index contributed by atoms with van der Waals surface area (Å²) in [4.78, 5) is 25.6. The van der Waals surface area contributed by atoms with Crippen LogP contribution in [0.5, 0.6) is 0 Å². The van der Waals surface area contributed by atoms with Crippen LogP contribution in [0, 0.1) is 11.8 Å². The molecule has 0 aliphatic rings. The van der Waals surface area contributed by atoms with E-state index < -0.39 is 0 Å². The van der Waals surface area contributed by atoms with Crippen LogP contribution in [0.15, 0.2) is 0 Å². The van der Waals surface area contributed by atoms with Crippen molar-refractivity contribution in [2.45, 2.75) is 240 Å². The van der Waals surface area contributed by atoms with E-state index in [2.05, 4.69) is 27.7 Å². The van der Waals surface area contributed by atoms with Gasteiger partial charge in [0.05, 0.1) is 25.0 Å². The van der Waals surface area contributed by atoms with E-state index in [4.69, 9.17) is 9.47 Å². The second-order valence-corrected chi connectivity index (χ2v) is 14.7. The van der Waals surface area contributed by atoms with Gasteiger partial charge in [-0.25, -0.2) is 0 Å². The van der Waals surface area contributed by atoms with Crippen LogP contribution in [0.4, 0.5) is 0 Å². The van der Waals surface area contributed by atoms with Crippen LogP contribution in [-0.4, -0.2) is 25.2 Å². The molecule has 4 heteroatoms. The highest BCUT2D eigenvalue weighted by molar-refractivity contribution is 5.72. The zero-order chi connectivity index (χ0) is 34.5. The fourth-order valence-electron chi connectivity index (χ4n) is 6.76. The maximum Gasteiger partial charge on any atom is 0.308 e.